The molecule has 22 heavy (non-hydrogen) atoms. The van der Waals surface area contributed by atoms with E-state index in [2.05, 4.69) is 15.5 Å². The Morgan fingerprint density at radius 3 is 2.55 bits per heavy atom. The van der Waals surface area contributed by atoms with Crippen LogP contribution < -0.4 is 0 Å². The molecule has 8 nitrogen and oxygen atoms in total. The molecule has 1 saturated heterocycles. The van der Waals surface area contributed by atoms with Crippen LogP contribution in [0, 0.1) is 5.41 Å². The number of carboxylic acid groups (broad SMARTS) is 1. The van der Waals surface area contributed by atoms with E-state index in [0.717, 1.165) is 5.69 Å². The van der Waals surface area contributed by atoms with E-state index in [0.29, 0.717) is 18.5 Å². The number of tetrazole rings is 1. The van der Waals surface area contributed by atoms with Crippen molar-refractivity contribution in [2.24, 2.45) is 5.41 Å². The first-order chi connectivity index (χ1) is 10.5. The Morgan fingerprint density at radius 1 is 1.27 bits per heavy atom. The molecular weight excluding hydrogens is 286 g/mol. The number of carbonyl (C=O) groups is 2. The van der Waals surface area contributed by atoms with Crippen LogP contribution in [0.4, 0.5) is 0 Å². The lowest BCUT2D eigenvalue weighted by Gasteiger charge is -2.20. The fourth-order valence-electron chi connectivity index (χ4n) is 2.53. The normalized spacial score (nSPS) is 21.0. The van der Waals surface area contributed by atoms with Crippen molar-refractivity contribution < 1.29 is 14.7 Å². The smallest absolute Gasteiger partial charge is 0.311 e. The molecule has 1 atom stereocenters. The molecule has 1 fully saturated rings. The van der Waals surface area contributed by atoms with Gasteiger partial charge in [0.2, 0.25) is 0 Å². The molecule has 1 aliphatic heterocycles. The van der Waals surface area contributed by atoms with Gasteiger partial charge in [0.1, 0.15) is 6.33 Å². The number of rotatable bonds is 3. The summed E-state index contributed by atoms with van der Waals surface area (Å²) in [5.41, 5.74) is 0.409. The Bertz CT molecular complexity index is 698. The SMILES string of the molecule is CC1(C(=O)O)CCN(C(=O)c2ccc(-n3cnnn3)cc2)C1. The van der Waals surface area contributed by atoms with Gasteiger partial charge in [0.05, 0.1) is 11.1 Å². The lowest BCUT2D eigenvalue weighted by Crippen LogP contribution is -2.34. The van der Waals surface area contributed by atoms with Crippen molar-refractivity contribution >= 4 is 11.9 Å². The maximum absolute atomic E-state index is 12.4. The van der Waals surface area contributed by atoms with E-state index < -0.39 is 11.4 Å². The standard InChI is InChI=1S/C14H15N5O3/c1-14(13(21)22)6-7-18(8-14)12(20)10-2-4-11(5-3-10)19-9-15-16-17-19/h2-5,9H,6-8H2,1H3,(H,21,22). The minimum absolute atomic E-state index is 0.159. The summed E-state index contributed by atoms with van der Waals surface area (Å²) in [7, 11) is 0. The molecule has 0 radical (unpaired) electrons. The number of hydrogen-bond acceptors (Lipinski definition) is 5. The van der Waals surface area contributed by atoms with Crippen molar-refractivity contribution in [1.82, 2.24) is 25.1 Å². The summed E-state index contributed by atoms with van der Waals surface area (Å²) in [6.45, 7) is 2.36. The van der Waals surface area contributed by atoms with E-state index in [1.165, 1.54) is 11.0 Å². The van der Waals surface area contributed by atoms with Crippen molar-refractivity contribution in [1.29, 1.82) is 0 Å². The number of aliphatic carboxylic acids is 1. The van der Waals surface area contributed by atoms with Crippen molar-refractivity contribution in [3.05, 3.63) is 36.2 Å². The van der Waals surface area contributed by atoms with Crippen LogP contribution in [0.25, 0.3) is 5.69 Å². The second-order valence-electron chi connectivity index (χ2n) is 5.64. The molecule has 1 aliphatic rings. The lowest BCUT2D eigenvalue weighted by molar-refractivity contribution is -0.147. The summed E-state index contributed by atoms with van der Waals surface area (Å²) < 4.78 is 1.49. The maximum atomic E-state index is 12.4. The van der Waals surface area contributed by atoms with Crippen LogP contribution in [0.3, 0.4) is 0 Å². The second-order valence-corrected chi connectivity index (χ2v) is 5.64. The maximum Gasteiger partial charge on any atom is 0.311 e. The zero-order chi connectivity index (χ0) is 15.7. The predicted octanol–water partition coefficient (Wildman–Crippen LogP) is 0.599. The number of nitrogens with zero attached hydrogens (tertiary/aromatic N) is 5. The van der Waals surface area contributed by atoms with Crippen LogP contribution in [0.5, 0.6) is 0 Å². The summed E-state index contributed by atoms with van der Waals surface area (Å²) in [6.07, 6.45) is 1.94. The molecule has 114 valence electrons. The van der Waals surface area contributed by atoms with Gasteiger partial charge >= 0.3 is 5.97 Å². The third-order valence-corrected chi connectivity index (χ3v) is 4.00. The van der Waals surface area contributed by atoms with Crippen molar-refractivity contribution in [3.8, 4) is 5.69 Å². The van der Waals surface area contributed by atoms with E-state index in [4.69, 9.17) is 0 Å². The van der Waals surface area contributed by atoms with Gasteiger partial charge in [-0.3, -0.25) is 9.59 Å². The average Bonchev–Trinajstić information content (AvgIpc) is 3.17. The highest BCUT2D eigenvalue weighted by Gasteiger charge is 2.42. The Labute approximate surface area is 126 Å². The van der Waals surface area contributed by atoms with Gasteiger partial charge in [0, 0.05) is 18.7 Å². The second kappa shape index (κ2) is 5.21. The van der Waals surface area contributed by atoms with Crippen LogP contribution >= 0.6 is 0 Å². The Hall–Kier alpha value is -2.77. The molecular formula is C14H15N5O3. The van der Waals surface area contributed by atoms with Gasteiger partial charge in [-0.25, -0.2) is 4.68 Å². The monoisotopic (exact) mass is 301 g/mol. The topological polar surface area (TPSA) is 101 Å². The third kappa shape index (κ3) is 2.43. The molecule has 0 spiro atoms. The van der Waals surface area contributed by atoms with Gasteiger partial charge in [-0.05, 0) is 48.0 Å². The van der Waals surface area contributed by atoms with Crippen molar-refractivity contribution in [3.63, 3.8) is 0 Å². The van der Waals surface area contributed by atoms with Crippen LogP contribution in [0.2, 0.25) is 0 Å². The van der Waals surface area contributed by atoms with Crippen LogP contribution in [0.1, 0.15) is 23.7 Å². The summed E-state index contributed by atoms with van der Waals surface area (Å²) in [5, 5.41) is 20.1. The molecule has 2 aromatic rings. The predicted molar refractivity (Wildman–Crippen MR) is 75.4 cm³/mol. The molecule has 2 heterocycles. The molecule has 1 aromatic carbocycles. The van der Waals surface area contributed by atoms with Crippen LogP contribution in [0.15, 0.2) is 30.6 Å². The van der Waals surface area contributed by atoms with Crippen LogP contribution in [-0.4, -0.2) is 55.2 Å². The highest BCUT2D eigenvalue weighted by atomic mass is 16.4. The first kappa shape index (κ1) is 14.2. The molecule has 1 unspecified atom stereocenters. The van der Waals surface area contributed by atoms with Gasteiger partial charge in [0.15, 0.2) is 0 Å². The van der Waals surface area contributed by atoms with Crippen molar-refractivity contribution in [2.75, 3.05) is 13.1 Å². The number of carbonyl (C=O) groups excluding carboxylic acids is 1. The molecule has 1 N–H and O–H groups in total. The minimum atomic E-state index is -0.864. The average molecular weight is 301 g/mol. The molecule has 1 aromatic heterocycles. The Kier molecular flexibility index (Phi) is 3.36. The lowest BCUT2D eigenvalue weighted by atomic mass is 9.90. The van der Waals surface area contributed by atoms with Crippen LogP contribution in [-0.2, 0) is 4.79 Å². The molecule has 1 amide bonds. The van der Waals surface area contributed by atoms with Gasteiger partial charge in [-0.2, -0.15) is 0 Å². The highest BCUT2D eigenvalue weighted by molar-refractivity contribution is 5.95. The fraction of sp³-hybridized carbons (Fsp3) is 0.357. The molecule has 0 bridgehead atoms. The molecule has 3 rings (SSSR count). The third-order valence-electron chi connectivity index (χ3n) is 4.00. The number of amides is 1. The van der Waals surface area contributed by atoms with Gasteiger partial charge < -0.3 is 10.0 Å². The van der Waals surface area contributed by atoms with E-state index in [1.54, 1.807) is 36.1 Å². The van der Waals surface area contributed by atoms with E-state index in [-0.39, 0.29) is 12.5 Å². The Balaban J connectivity index is 1.75. The minimum Gasteiger partial charge on any atom is -0.481 e. The van der Waals surface area contributed by atoms with Gasteiger partial charge in [-0.15, -0.1) is 5.10 Å². The Morgan fingerprint density at radius 2 is 2.00 bits per heavy atom. The number of carboxylic acids is 1. The van der Waals surface area contributed by atoms with Crippen molar-refractivity contribution in [2.45, 2.75) is 13.3 Å². The first-order valence-corrected chi connectivity index (χ1v) is 6.86. The van der Waals surface area contributed by atoms with Gasteiger partial charge in [0.25, 0.3) is 5.91 Å². The summed E-state index contributed by atoms with van der Waals surface area (Å²) >= 11 is 0. The zero-order valence-electron chi connectivity index (χ0n) is 12.0. The van der Waals surface area contributed by atoms with E-state index >= 15 is 0 Å². The summed E-state index contributed by atoms with van der Waals surface area (Å²) in [6, 6.07) is 6.87. The molecule has 0 saturated carbocycles. The summed E-state index contributed by atoms with van der Waals surface area (Å²) in [5.74, 6) is -1.02. The van der Waals surface area contributed by atoms with E-state index in [1.807, 2.05) is 0 Å². The highest BCUT2D eigenvalue weighted by Crippen LogP contribution is 2.31. The first-order valence-electron chi connectivity index (χ1n) is 6.86. The number of aromatic nitrogens is 4. The quantitative estimate of drug-likeness (QED) is 0.890. The summed E-state index contributed by atoms with van der Waals surface area (Å²) in [4.78, 5) is 25.3. The number of benzene rings is 1. The number of hydrogen-bond donors (Lipinski definition) is 1. The molecule has 8 heteroatoms. The zero-order valence-corrected chi connectivity index (χ0v) is 12.0. The fourth-order valence-corrected chi connectivity index (χ4v) is 2.53. The number of likely N-dealkylation sites (tertiary alicyclic amines) is 1. The van der Waals surface area contributed by atoms with Gasteiger partial charge in [-0.1, -0.05) is 0 Å². The largest absolute Gasteiger partial charge is 0.481 e. The molecule has 0 aliphatic carbocycles. The van der Waals surface area contributed by atoms with E-state index in [9.17, 15) is 14.7 Å².